The smallest absolute Gasteiger partial charge is 0.340 e. The first-order chi connectivity index (χ1) is 14.0. The summed E-state index contributed by atoms with van der Waals surface area (Å²) in [5.41, 5.74) is -0.207. The third-order valence-electron chi connectivity index (χ3n) is 4.37. The van der Waals surface area contributed by atoms with Crippen molar-refractivity contribution in [2.24, 2.45) is 0 Å². The fourth-order valence-corrected chi connectivity index (χ4v) is 3.33. The monoisotopic (exact) mass is 417 g/mol. The van der Waals surface area contributed by atoms with Crippen LogP contribution in [0.3, 0.4) is 0 Å². The Morgan fingerprint density at radius 1 is 1.31 bits per heavy atom. The van der Waals surface area contributed by atoms with Gasteiger partial charge >= 0.3 is 11.7 Å². The van der Waals surface area contributed by atoms with Gasteiger partial charge in [0.15, 0.2) is 11.5 Å². The van der Waals surface area contributed by atoms with Crippen LogP contribution in [0.25, 0.3) is 11.0 Å². The molecular formula is C19H16ClN3O6. The van der Waals surface area contributed by atoms with Gasteiger partial charge in [-0.1, -0.05) is 18.5 Å². The minimum atomic E-state index is -0.666. The van der Waals surface area contributed by atoms with E-state index in [1.54, 1.807) is 12.1 Å². The molecule has 150 valence electrons. The molecule has 1 aromatic carbocycles. The fourth-order valence-electron chi connectivity index (χ4n) is 3.05. The van der Waals surface area contributed by atoms with E-state index in [9.17, 15) is 14.4 Å². The molecule has 29 heavy (non-hydrogen) atoms. The maximum absolute atomic E-state index is 12.4. The number of esters is 1. The molecule has 1 aliphatic heterocycles. The summed E-state index contributed by atoms with van der Waals surface area (Å²) in [7, 11) is 0. The van der Waals surface area contributed by atoms with E-state index in [0.29, 0.717) is 35.1 Å². The first kappa shape index (κ1) is 19.0. The van der Waals surface area contributed by atoms with Crippen LogP contribution in [0.2, 0.25) is 5.02 Å². The number of fused-ring (bicyclic) bond motifs is 2. The Hall–Kier alpha value is -3.33. The van der Waals surface area contributed by atoms with E-state index >= 15 is 0 Å². The number of carbonyl (C=O) groups excluding carboxylic acids is 1. The van der Waals surface area contributed by atoms with Crippen LogP contribution in [0.5, 0.6) is 11.5 Å². The van der Waals surface area contributed by atoms with Crippen molar-refractivity contribution in [3.8, 4) is 11.5 Å². The zero-order valence-corrected chi connectivity index (χ0v) is 16.1. The summed E-state index contributed by atoms with van der Waals surface area (Å²) in [6, 6.07) is 4.66. The molecule has 0 bridgehead atoms. The lowest BCUT2D eigenvalue weighted by Crippen LogP contribution is -2.31. The number of nitrogens with zero attached hydrogens (tertiary/aromatic N) is 2. The summed E-state index contributed by atoms with van der Waals surface area (Å²) >= 11 is 6.12. The van der Waals surface area contributed by atoms with Gasteiger partial charge < -0.3 is 14.2 Å². The van der Waals surface area contributed by atoms with Crippen LogP contribution in [0.4, 0.5) is 0 Å². The Bertz CT molecular complexity index is 1230. The molecule has 0 radical (unpaired) electrons. The predicted molar refractivity (Wildman–Crippen MR) is 104 cm³/mol. The van der Waals surface area contributed by atoms with Gasteiger partial charge in [-0.25, -0.2) is 14.6 Å². The van der Waals surface area contributed by atoms with Crippen LogP contribution in [-0.2, 0) is 17.9 Å². The highest BCUT2D eigenvalue weighted by Crippen LogP contribution is 2.39. The molecule has 3 aromatic rings. The highest BCUT2D eigenvalue weighted by molar-refractivity contribution is 6.32. The molecule has 0 atom stereocenters. The number of nitrogens with one attached hydrogen (secondary N) is 1. The Balaban J connectivity index is 1.58. The summed E-state index contributed by atoms with van der Waals surface area (Å²) in [5, 5.41) is 0.498. The van der Waals surface area contributed by atoms with Crippen LogP contribution in [0.1, 0.15) is 29.3 Å². The Labute approximate surface area is 168 Å². The molecular weight excluding hydrogens is 402 g/mol. The van der Waals surface area contributed by atoms with Gasteiger partial charge in [0.1, 0.15) is 12.3 Å². The maximum Gasteiger partial charge on any atom is 0.340 e. The van der Waals surface area contributed by atoms with E-state index in [0.717, 1.165) is 0 Å². The highest BCUT2D eigenvalue weighted by atomic mass is 35.5. The SMILES string of the molecule is CCCn1c(=O)[nH]c(=O)c2cc(C(=O)OCc3cc(Cl)c4c(c3)OCO4)cnc21. The highest BCUT2D eigenvalue weighted by Gasteiger charge is 2.19. The molecule has 2 aromatic heterocycles. The largest absolute Gasteiger partial charge is 0.457 e. The predicted octanol–water partition coefficient (Wildman–Crippen LogP) is 2.23. The van der Waals surface area contributed by atoms with Crippen LogP contribution < -0.4 is 20.7 Å². The second-order valence-electron chi connectivity index (χ2n) is 6.39. The fraction of sp³-hybridized carbons (Fsp3) is 0.263. The van der Waals surface area contributed by atoms with Gasteiger partial charge in [-0.3, -0.25) is 14.3 Å². The number of hydrogen-bond acceptors (Lipinski definition) is 7. The van der Waals surface area contributed by atoms with Crippen LogP contribution in [0.15, 0.2) is 34.0 Å². The summed E-state index contributed by atoms with van der Waals surface area (Å²) < 4.78 is 17.2. The minimum Gasteiger partial charge on any atom is -0.457 e. The molecule has 4 rings (SSSR count). The summed E-state index contributed by atoms with van der Waals surface area (Å²) in [5.74, 6) is 0.273. The molecule has 9 nitrogen and oxygen atoms in total. The molecule has 0 amide bonds. The van der Waals surface area contributed by atoms with Crippen molar-refractivity contribution >= 4 is 28.6 Å². The van der Waals surface area contributed by atoms with Gasteiger partial charge in [0.25, 0.3) is 5.56 Å². The lowest BCUT2D eigenvalue weighted by molar-refractivity contribution is 0.0472. The first-order valence-electron chi connectivity index (χ1n) is 8.86. The Morgan fingerprint density at radius 3 is 2.93 bits per heavy atom. The number of carbonyl (C=O) groups is 1. The molecule has 0 saturated carbocycles. The van der Waals surface area contributed by atoms with Gasteiger partial charge in [0.2, 0.25) is 6.79 Å². The zero-order valence-electron chi connectivity index (χ0n) is 15.4. The summed E-state index contributed by atoms with van der Waals surface area (Å²) in [6.07, 6.45) is 1.97. The van der Waals surface area contributed by atoms with Gasteiger partial charge in [-0.15, -0.1) is 0 Å². The molecule has 0 saturated heterocycles. The van der Waals surface area contributed by atoms with Crippen molar-refractivity contribution in [3.63, 3.8) is 0 Å². The Kier molecular flexibility index (Phi) is 4.98. The number of pyridine rings is 1. The number of rotatable bonds is 5. The third kappa shape index (κ3) is 3.56. The van der Waals surface area contributed by atoms with E-state index in [-0.39, 0.29) is 30.0 Å². The Morgan fingerprint density at radius 2 is 2.14 bits per heavy atom. The van der Waals surface area contributed by atoms with Crippen molar-refractivity contribution < 1.29 is 19.0 Å². The standard InChI is InChI=1S/C19H16ClN3O6/c1-2-3-23-16-12(17(24)22-19(23)26)6-11(7-21-16)18(25)27-8-10-4-13(20)15-14(5-10)28-9-29-15/h4-7H,2-3,8-9H2,1H3,(H,22,24,26). The normalized spacial score (nSPS) is 12.3. The number of benzene rings is 1. The van der Waals surface area contributed by atoms with Crippen LogP contribution in [0, 0.1) is 0 Å². The van der Waals surface area contributed by atoms with E-state index < -0.39 is 17.2 Å². The molecule has 1 aliphatic rings. The average Bonchev–Trinajstić information content (AvgIpc) is 3.18. The second kappa shape index (κ2) is 7.59. The summed E-state index contributed by atoms with van der Waals surface area (Å²) in [6.45, 7) is 2.32. The number of aromatic amines is 1. The van der Waals surface area contributed by atoms with Gasteiger partial charge in [0.05, 0.1) is 16.0 Å². The van der Waals surface area contributed by atoms with E-state index in [2.05, 4.69) is 9.97 Å². The molecule has 0 fully saturated rings. The van der Waals surface area contributed by atoms with E-state index in [1.165, 1.54) is 16.8 Å². The lowest BCUT2D eigenvalue weighted by Gasteiger charge is -2.09. The number of aromatic nitrogens is 3. The minimum absolute atomic E-state index is 0.0566. The van der Waals surface area contributed by atoms with Gasteiger partial charge in [-0.05, 0) is 30.2 Å². The zero-order chi connectivity index (χ0) is 20.5. The number of aryl methyl sites for hydroxylation is 1. The van der Waals surface area contributed by atoms with Gasteiger partial charge in [-0.2, -0.15) is 0 Å². The maximum atomic E-state index is 12.4. The van der Waals surface area contributed by atoms with Gasteiger partial charge in [0, 0.05) is 12.7 Å². The number of halogens is 1. The molecule has 1 N–H and O–H groups in total. The average molecular weight is 418 g/mol. The van der Waals surface area contributed by atoms with Crippen molar-refractivity contribution in [1.82, 2.24) is 14.5 Å². The quantitative estimate of drug-likeness (QED) is 0.633. The second-order valence-corrected chi connectivity index (χ2v) is 6.80. The van der Waals surface area contributed by atoms with E-state index in [4.69, 9.17) is 25.8 Å². The molecule has 0 aliphatic carbocycles. The van der Waals surface area contributed by atoms with Crippen molar-refractivity contribution in [1.29, 1.82) is 0 Å². The summed E-state index contributed by atoms with van der Waals surface area (Å²) in [4.78, 5) is 43.0. The first-order valence-corrected chi connectivity index (χ1v) is 9.23. The van der Waals surface area contributed by atoms with Crippen molar-refractivity contribution in [3.05, 3.63) is 61.4 Å². The van der Waals surface area contributed by atoms with E-state index in [1.807, 2.05) is 6.92 Å². The molecule has 10 heteroatoms. The number of hydrogen-bond donors (Lipinski definition) is 1. The topological polar surface area (TPSA) is 113 Å². The lowest BCUT2D eigenvalue weighted by atomic mass is 10.2. The number of ether oxygens (including phenoxy) is 3. The van der Waals surface area contributed by atoms with Crippen LogP contribution >= 0.6 is 11.6 Å². The number of H-pyrrole nitrogens is 1. The molecule has 3 heterocycles. The van der Waals surface area contributed by atoms with Crippen molar-refractivity contribution in [2.45, 2.75) is 26.5 Å². The third-order valence-corrected chi connectivity index (χ3v) is 4.65. The molecule has 0 spiro atoms. The van der Waals surface area contributed by atoms with Crippen LogP contribution in [-0.4, -0.2) is 27.3 Å². The van der Waals surface area contributed by atoms with Crippen molar-refractivity contribution in [2.75, 3.05) is 6.79 Å². The molecule has 0 unspecified atom stereocenters.